The Balaban J connectivity index is 2.15. The minimum Gasteiger partial charge on any atom is -0.495 e. The molecule has 2 heterocycles. The van der Waals surface area contributed by atoms with Crippen molar-refractivity contribution in [2.45, 2.75) is 25.3 Å². The van der Waals surface area contributed by atoms with E-state index in [9.17, 15) is 9.59 Å². The molecular formula is C12H14BrNO4S. The second kappa shape index (κ2) is 5.92. The summed E-state index contributed by atoms with van der Waals surface area (Å²) in [6, 6.07) is 1.49. The number of thiophene rings is 1. The minimum absolute atomic E-state index is 0.00935. The van der Waals surface area contributed by atoms with Crippen LogP contribution in [0.15, 0.2) is 9.85 Å². The largest absolute Gasteiger partial charge is 0.495 e. The molecule has 0 radical (unpaired) electrons. The van der Waals surface area contributed by atoms with Crippen LogP contribution in [0.3, 0.4) is 0 Å². The van der Waals surface area contributed by atoms with E-state index in [0.29, 0.717) is 17.2 Å². The van der Waals surface area contributed by atoms with E-state index in [1.165, 1.54) is 11.3 Å². The molecule has 1 aliphatic heterocycles. The number of ether oxygens (including phenoxy) is 1. The molecule has 0 aromatic carbocycles. The lowest BCUT2D eigenvalue weighted by atomic mass is 10.1. The van der Waals surface area contributed by atoms with Gasteiger partial charge >= 0.3 is 5.97 Å². The molecule has 104 valence electrons. The summed E-state index contributed by atoms with van der Waals surface area (Å²) in [6.45, 7) is 0.620. The Hall–Kier alpha value is -1.08. The lowest BCUT2D eigenvalue weighted by molar-refractivity contribution is -0.137. The molecule has 1 saturated heterocycles. The zero-order valence-electron chi connectivity index (χ0n) is 10.4. The number of carboxylic acids is 1. The van der Waals surface area contributed by atoms with Gasteiger partial charge in [-0.3, -0.25) is 9.59 Å². The van der Waals surface area contributed by atoms with E-state index in [2.05, 4.69) is 15.9 Å². The Morgan fingerprint density at radius 3 is 2.95 bits per heavy atom. The summed E-state index contributed by atoms with van der Waals surface area (Å²) in [6.07, 6.45) is 1.62. The van der Waals surface area contributed by atoms with Gasteiger partial charge in [0.15, 0.2) is 0 Å². The van der Waals surface area contributed by atoms with Crippen LogP contribution in [0.25, 0.3) is 0 Å². The summed E-state index contributed by atoms with van der Waals surface area (Å²) in [5.41, 5.74) is 0. The molecule has 0 spiro atoms. The Bertz CT molecular complexity index is 502. The molecule has 0 bridgehead atoms. The minimum atomic E-state index is -0.866. The second-order valence-electron chi connectivity index (χ2n) is 4.35. The lowest BCUT2D eigenvalue weighted by Crippen LogP contribution is -2.36. The summed E-state index contributed by atoms with van der Waals surface area (Å²) in [5, 5.41) is 8.87. The summed E-state index contributed by atoms with van der Waals surface area (Å²) in [5.74, 6) is -0.352. The molecule has 0 saturated carbocycles. The van der Waals surface area contributed by atoms with Crippen LogP contribution >= 0.6 is 27.3 Å². The van der Waals surface area contributed by atoms with Crippen LogP contribution in [0.4, 0.5) is 0 Å². The van der Waals surface area contributed by atoms with Crippen LogP contribution in [-0.2, 0) is 4.79 Å². The van der Waals surface area contributed by atoms with Gasteiger partial charge in [0, 0.05) is 18.7 Å². The number of likely N-dealkylation sites (tertiary alicyclic amines) is 1. The first-order valence-electron chi connectivity index (χ1n) is 5.89. The van der Waals surface area contributed by atoms with Gasteiger partial charge in [-0.1, -0.05) is 0 Å². The summed E-state index contributed by atoms with van der Waals surface area (Å²) < 4.78 is 5.90. The molecule has 1 amide bonds. The van der Waals surface area contributed by atoms with Crippen LogP contribution in [0.2, 0.25) is 0 Å². The van der Waals surface area contributed by atoms with E-state index in [-0.39, 0.29) is 18.4 Å². The van der Waals surface area contributed by atoms with Gasteiger partial charge in [-0.25, -0.2) is 0 Å². The number of carbonyl (C=O) groups excluding carboxylic acids is 1. The molecular weight excluding hydrogens is 334 g/mol. The number of rotatable bonds is 4. The van der Waals surface area contributed by atoms with Gasteiger partial charge in [0.1, 0.15) is 9.54 Å². The van der Waals surface area contributed by atoms with Crippen molar-refractivity contribution in [2.75, 3.05) is 13.7 Å². The summed E-state index contributed by atoms with van der Waals surface area (Å²) >= 11 is 4.65. The Morgan fingerprint density at radius 1 is 1.63 bits per heavy atom. The first-order chi connectivity index (χ1) is 9.02. The number of hydrogen-bond acceptors (Lipinski definition) is 4. The van der Waals surface area contributed by atoms with Crippen molar-refractivity contribution in [3.8, 4) is 5.75 Å². The van der Waals surface area contributed by atoms with Gasteiger partial charge in [-0.2, -0.15) is 0 Å². The molecule has 7 heteroatoms. The maximum atomic E-state index is 12.4. The van der Waals surface area contributed by atoms with E-state index in [0.717, 1.165) is 16.6 Å². The Morgan fingerprint density at radius 2 is 2.37 bits per heavy atom. The molecule has 5 nitrogen and oxygen atoms in total. The zero-order valence-corrected chi connectivity index (χ0v) is 12.8. The highest BCUT2D eigenvalue weighted by molar-refractivity contribution is 9.11. The van der Waals surface area contributed by atoms with E-state index in [4.69, 9.17) is 9.84 Å². The third kappa shape index (κ3) is 3.09. The highest BCUT2D eigenvalue weighted by Gasteiger charge is 2.32. The number of hydrogen-bond donors (Lipinski definition) is 1. The van der Waals surface area contributed by atoms with Crippen molar-refractivity contribution < 1.29 is 19.4 Å². The number of aliphatic carboxylic acids is 1. The van der Waals surface area contributed by atoms with Gasteiger partial charge in [0.05, 0.1) is 18.4 Å². The highest BCUT2D eigenvalue weighted by atomic mass is 79.9. The fraction of sp³-hybridized carbons (Fsp3) is 0.500. The van der Waals surface area contributed by atoms with E-state index < -0.39 is 5.97 Å². The van der Waals surface area contributed by atoms with E-state index in [1.807, 2.05) is 0 Å². The second-order valence-corrected chi connectivity index (χ2v) is 6.72. The molecule has 1 fully saturated rings. The normalized spacial score (nSPS) is 18.6. The molecule has 0 aliphatic carbocycles. The monoisotopic (exact) mass is 347 g/mol. The topological polar surface area (TPSA) is 66.8 Å². The number of carboxylic acid groups (broad SMARTS) is 1. The molecule has 1 aromatic heterocycles. The van der Waals surface area contributed by atoms with Gasteiger partial charge in [-0.15, -0.1) is 11.3 Å². The average Bonchev–Trinajstić information content (AvgIpc) is 2.94. The Labute approximate surface area is 123 Å². The third-order valence-electron chi connectivity index (χ3n) is 3.13. The SMILES string of the molecule is COc1cc(C(=O)N2CCCC2CC(=O)O)sc1Br. The van der Waals surface area contributed by atoms with E-state index >= 15 is 0 Å². The predicted molar refractivity (Wildman–Crippen MR) is 74.9 cm³/mol. The van der Waals surface area contributed by atoms with Gasteiger partial charge in [0.25, 0.3) is 5.91 Å². The predicted octanol–water partition coefficient (Wildman–Crippen LogP) is 2.60. The third-order valence-corrected chi connectivity index (χ3v) is 4.90. The number of methoxy groups -OCH3 is 1. The van der Waals surface area contributed by atoms with Crippen molar-refractivity contribution in [3.05, 3.63) is 14.7 Å². The average molecular weight is 348 g/mol. The Kier molecular flexibility index (Phi) is 4.46. The van der Waals surface area contributed by atoms with Crippen molar-refractivity contribution in [1.29, 1.82) is 0 Å². The van der Waals surface area contributed by atoms with Gasteiger partial charge in [0.2, 0.25) is 0 Å². The zero-order chi connectivity index (χ0) is 14.0. The van der Waals surface area contributed by atoms with Crippen molar-refractivity contribution in [3.63, 3.8) is 0 Å². The van der Waals surface area contributed by atoms with Crippen molar-refractivity contribution in [2.24, 2.45) is 0 Å². The number of amides is 1. The summed E-state index contributed by atoms with van der Waals surface area (Å²) in [7, 11) is 1.55. The molecule has 1 N–H and O–H groups in total. The quantitative estimate of drug-likeness (QED) is 0.908. The van der Waals surface area contributed by atoms with Crippen molar-refractivity contribution in [1.82, 2.24) is 4.90 Å². The van der Waals surface area contributed by atoms with Crippen LogP contribution in [0.1, 0.15) is 28.9 Å². The number of halogens is 1. The molecule has 19 heavy (non-hydrogen) atoms. The molecule has 1 aliphatic rings. The van der Waals surface area contributed by atoms with Crippen molar-refractivity contribution >= 4 is 39.1 Å². The summed E-state index contributed by atoms with van der Waals surface area (Å²) in [4.78, 5) is 25.4. The first kappa shape index (κ1) is 14.3. The number of carbonyl (C=O) groups is 2. The van der Waals surface area contributed by atoms with Crippen LogP contribution in [-0.4, -0.2) is 41.6 Å². The highest BCUT2D eigenvalue weighted by Crippen LogP contribution is 2.36. The fourth-order valence-electron chi connectivity index (χ4n) is 2.26. The van der Waals surface area contributed by atoms with E-state index in [1.54, 1.807) is 18.1 Å². The van der Waals surface area contributed by atoms with Crippen LogP contribution in [0, 0.1) is 0 Å². The standard InChI is InChI=1S/C12H14BrNO4S/c1-18-8-6-9(19-11(8)13)12(17)14-4-2-3-7(14)5-10(15)16/h6-7H,2-5H2,1H3,(H,15,16). The fourth-order valence-corrected chi connectivity index (χ4v) is 3.86. The molecule has 1 unspecified atom stereocenters. The molecule has 1 aromatic rings. The van der Waals surface area contributed by atoms with Gasteiger partial charge in [-0.05, 0) is 28.8 Å². The van der Waals surface area contributed by atoms with Crippen LogP contribution in [0.5, 0.6) is 5.75 Å². The van der Waals surface area contributed by atoms with Gasteiger partial charge < -0.3 is 14.7 Å². The first-order valence-corrected chi connectivity index (χ1v) is 7.50. The lowest BCUT2D eigenvalue weighted by Gasteiger charge is -2.22. The number of nitrogens with zero attached hydrogens (tertiary/aromatic N) is 1. The molecule has 2 rings (SSSR count). The maximum absolute atomic E-state index is 12.4. The smallest absolute Gasteiger partial charge is 0.305 e. The molecule has 1 atom stereocenters. The van der Waals surface area contributed by atoms with Crippen LogP contribution < -0.4 is 4.74 Å². The maximum Gasteiger partial charge on any atom is 0.305 e.